The van der Waals surface area contributed by atoms with E-state index in [9.17, 15) is 0 Å². The van der Waals surface area contributed by atoms with E-state index >= 15 is 0 Å². The fourth-order valence-corrected chi connectivity index (χ4v) is 2.12. The highest BCUT2D eigenvalue weighted by Gasteiger charge is 2.27. The Balaban J connectivity index is 2.03. The average molecular weight is 184 g/mol. The number of aromatic nitrogens is 1. The average Bonchev–Trinajstić information content (AvgIpc) is 2.73. The monoisotopic (exact) mass is 184 g/mol. The molecule has 66 valence electrons. The maximum Gasteiger partial charge on any atom is 0.132 e. The minimum atomic E-state index is 0.311. The van der Waals surface area contributed by atoms with Crippen molar-refractivity contribution in [2.24, 2.45) is 0 Å². The van der Waals surface area contributed by atoms with Gasteiger partial charge in [0.1, 0.15) is 11.1 Å². The number of thiazole rings is 1. The summed E-state index contributed by atoms with van der Waals surface area (Å²) in [7, 11) is 4.13. The third-order valence-electron chi connectivity index (χ3n) is 1.65. The van der Waals surface area contributed by atoms with Crippen LogP contribution in [0, 0.1) is 0 Å². The van der Waals surface area contributed by atoms with Crippen molar-refractivity contribution in [2.45, 2.75) is 12.6 Å². The summed E-state index contributed by atoms with van der Waals surface area (Å²) >= 11 is 1.75. The molecular weight excluding hydrogens is 172 g/mol. The van der Waals surface area contributed by atoms with E-state index in [2.05, 4.69) is 24.0 Å². The lowest BCUT2D eigenvalue weighted by atomic mass is 10.5. The van der Waals surface area contributed by atoms with Crippen molar-refractivity contribution < 1.29 is 4.74 Å². The molecule has 3 nitrogen and oxygen atoms in total. The summed E-state index contributed by atoms with van der Waals surface area (Å²) in [6.45, 7) is 1.83. The number of ether oxygens (including phenoxy) is 1. The molecule has 1 atom stereocenters. The molecule has 0 saturated carbocycles. The topological polar surface area (TPSA) is 28.7 Å². The molecule has 0 bridgehead atoms. The number of nitrogens with zero attached hydrogens (tertiary/aromatic N) is 2. The van der Waals surface area contributed by atoms with Crippen molar-refractivity contribution in [2.75, 3.05) is 20.7 Å². The van der Waals surface area contributed by atoms with Crippen molar-refractivity contribution >= 4 is 11.3 Å². The molecule has 2 rings (SSSR count). The molecule has 12 heavy (non-hydrogen) atoms. The molecule has 1 aliphatic rings. The Kier molecular flexibility index (Phi) is 2.12. The number of rotatable bonds is 3. The van der Waals surface area contributed by atoms with Crippen LogP contribution in [0.3, 0.4) is 0 Å². The van der Waals surface area contributed by atoms with E-state index in [1.807, 2.05) is 6.20 Å². The third-order valence-corrected chi connectivity index (χ3v) is 2.73. The summed E-state index contributed by atoms with van der Waals surface area (Å²) < 4.78 is 5.15. The maximum atomic E-state index is 5.15. The highest BCUT2D eigenvalue weighted by molar-refractivity contribution is 7.11. The van der Waals surface area contributed by atoms with Gasteiger partial charge in [-0.2, -0.15) is 0 Å². The molecule has 0 amide bonds. The molecule has 2 heterocycles. The fourth-order valence-electron chi connectivity index (χ4n) is 1.05. The molecule has 1 saturated heterocycles. The van der Waals surface area contributed by atoms with Gasteiger partial charge >= 0.3 is 0 Å². The molecule has 1 aromatic rings. The van der Waals surface area contributed by atoms with Gasteiger partial charge in [0.05, 0.1) is 6.61 Å². The standard InChI is InChI=1S/C8H12N2OS/c1-10(2)4-6-3-9-8(12-6)7-5-11-7/h3,7H,4-5H2,1-2H3/t7-/m1/s1. The van der Waals surface area contributed by atoms with Crippen LogP contribution in [0.5, 0.6) is 0 Å². The van der Waals surface area contributed by atoms with E-state index in [1.165, 1.54) is 4.88 Å². The van der Waals surface area contributed by atoms with E-state index in [4.69, 9.17) is 4.74 Å². The first-order valence-electron chi connectivity index (χ1n) is 3.96. The first kappa shape index (κ1) is 8.16. The second-order valence-corrected chi connectivity index (χ2v) is 4.37. The first-order chi connectivity index (χ1) is 5.75. The molecule has 0 unspecified atom stereocenters. The van der Waals surface area contributed by atoms with E-state index in [0.29, 0.717) is 6.10 Å². The SMILES string of the molecule is CN(C)Cc1cnc([C@H]2CO2)s1. The molecule has 0 radical (unpaired) electrons. The van der Waals surface area contributed by atoms with Crippen LogP contribution in [0.25, 0.3) is 0 Å². The van der Waals surface area contributed by atoms with Crippen LogP contribution in [-0.4, -0.2) is 30.6 Å². The lowest BCUT2D eigenvalue weighted by Crippen LogP contribution is -2.09. The molecular formula is C8H12N2OS. The summed E-state index contributed by atoms with van der Waals surface area (Å²) in [5.41, 5.74) is 0. The summed E-state index contributed by atoms with van der Waals surface area (Å²) in [5, 5.41) is 1.13. The van der Waals surface area contributed by atoms with Gasteiger partial charge in [-0.3, -0.25) is 0 Å². The molecule has 1 fully saturated rings. The molecule has 0 spiro atoms. The zero-order valence-corrected chi connectivity index (χ0v) is 8.10. The number of epoxide rings is 1. The normalized spacial score (nSPS) is 21.8. The van der Waals surface area contributed by atoms with Crippen molar-refractivity contribution in [1.82, 2.24) is 9.88 Å². The maximum absolute atomic E-state index is 5.15. The van der Waals surface area contributed by atoms with Crippen LogP contribution in [0.4, 0.5) is 0 Å². The van der Waals surface area contributed by atoms with Gasteiger partial charge in [0.15, 0.2) is 0 Å². The number of hydrogen-bond donors (Lipinski definition) is 0. The smallest absolute Gasteiger partial charge is 0.132 e. The molecule has 0 aromatic carbocycles. The Labute approximate surface area is 76.0 Å². The van der Waals surface area contributed by atoms with Crippen LogP contribution < -0.4 is 0 Å². The van der Waals surface area contributed by atoms with Crippen molar-refractivity contribution in [3.63, 3.8) is 0 Å². The Bertz CT molecular complexity index is 268. The zero-order chi connectivity index (χ0) is 8.55. The van der Waals surface area contributed by atoms with Crippen molar-refractivity contribution in [1.29, 1.82) is 0 Å². The van der Waals surface area contributed by atoms with E-state index in [1.54, 1.807) is 11.3 Å². The predicted octanol–water partition coefficient (Wildman–Crippen LogP) is 1.28. The van der Waals surface area contributed by atoms with Crippen LogP contribution in [0.2, 0.25) is 0 Å². The van der Waals surface area contributed by atoms with Gasteiger partial charge in [-0.25, -0.2) is 4.98 Å². The minimum Gasteiger partial charge on any atom is -0.365 e. The molecule has 0 aliphatic carbocycles. The lowest BCUT2D eigenvalue weighted by Gasteiger charge is -2.05. The van der Waals surface area contributed by atoms with Crippen LogP contribution in [0.15, 0.2) is 6.20 Å². The van der Waals surface area contributed by atoms with Crippen LogP contribution >= 0.6 is 11.3 Å². The summed E-state index contributed by atoms with van der Waals surface area (Å²) in [4.78, 5) is 7.75. The van der Waals surface area contributed by atoms with Crippen LogP contribution in [-0.2, 0) is 11.3 Å². The lowest BCUT2D eigenvalue weighted by molar-refractivity contribution is 0.406. The largest absolute Gasteiger partial charge is 0.365 e. The van der Waals surface area contributed by atoms with Crippen molar-refractivity contribution in [3.8, 4) is 0 Å². The zero-order valence-electron chi connectivity index (χ0n) is 7.28. The molecule has 1 aliphatic heterocycles. The Morgan fingerprint density at radius 2 is 2.50 bits per heavy atom. The summed E-state index contributed by atoms with van der Waals surface area (Å²) in [6.07, 6.45) is 2.26. The second kappa shape index (κ2) is 3.12. The second-order valence-electron chi connectivity index (χ2n) is 3.22. The molecule has 0 N–H and O–H groups in total. The first-order valence-corrected chi connectivity index (χ1v) is 4.78. The van der Waals surface area contributed by atoms with Crippen LogP contribution in [0.1, 0.15) is 16.0 Å². The predicted molar refractivity (Wildman–Crippen MR) is 48.2 cm³/mol. The Morgan fingerprint density at radius 1 is 1.75 bits per heavy atom. The quantitative estimate of drug-likeness (QED) is 0.662. The summed E-state index contributed by atoms with van der Waals surface area (Å²) in [6, 6.07) is 0. The number of hydrogen-bond acceptors (Lipinski definition) is 4. The van der Waals surface area contributed by atoms with Gasteiger partial charge in [0, 0.05) is 17.6 Å². The fraction of sp³-hybridized carbons (Fsp3) is 0.625. The Hall–Kier alpha value is -0.450. The van der Waals surface area contributed by atoms with Gasteiger partial charge in [-0.1, -0.05) is 0 Å². The molecule has 1 aromatic heterocycles. The van der Waals surface area contributed by atoms with E-state index in [-0.39, 0.29) is 0 Å². The van der Waals surface area contributed by atoms with Gasteiger partial charge in [-0.15, -0.1) is 11.3 Å². The van der Waals surface area contributed by atoms with Gasteiger partial charge in [-0.05, 0) is 14.1 Å². The highest BCUT2D eigenvalue weighted by Crippen LogP contribution is 2.32. The van der Waals surface area contributed by atoms with E-state index < -0.39 is 0 Å². The summed E-state index contributed by atoms with van der Waals surface area (Å²) in [5.74, 6) is 0. The van der Waals surface area contributed by atoms with Gasteiger partial charge in [0.25, 0.3) is 0 Å². The molecule has 4 heteroatoms. The highest BCUT2D eigenvalue weighted by atomic mass is 32.1. The van der Waals surface area contributed by atoms with E-state index in [0.717, 1.165) is 18.2 Å². The van der Waals surface area contributed by atoms with Crippen molar-refractivity contribution in [3.05, 3.63) is 16.1 Å². The Morgan fingerprint density at radius 3 is 3.08 bits per heavy atom. The van der Waals surface area contributed by atoms with Gasteiger partial charge in [0.2, 0.25) is 0 Å². The minimum absolute atomic E-state index is 0.311. The van der Waals surface area contributed by atoms with Gasteiger partial charge < -0.3 is 9.64 Å². The third kappa shape index (κ3) is 1.83.